The molecular weight excluding hydrogens is 366 g/mol. The molecule has 0 saturated carbocycles. The lowest BCUT2D eigenvalue weighted by molar-refractivity contribution is 0.253. The topological polar surface area (TPSA) is 73.9 Å². The average molecular weight is 384 g/mol. The Morgan fingerprint density at radius 1 is 1.16 bits per heavy atom. The fraction of sp³-hybridized carbons (Fsp3) is 0.294. The van der Waals surface area contributed by atoms with Crippen molar-refractivity contribution in [3.8, 4) is 17.2 Å². The van der Waals surface area contributed by atoms with Crippen LogP contribution in [0.1, 0.15) is 5.56 Å². The average Bonchev–Trinajstić information content (AvgIpc) is 2.60. The highest BCUT2D eigenvalue weighted by Gasteiger charge is 2.28. The molecule has 2 aromatic carbocycles. The van der Waals surface area contributed by atoms with Gasteiger partial charge in [-0.3, -0.25) is 0 Å². The fourth-order valence-electron chi connectivity index (χ4n) is 2.72. The highest BCUT2D eigenvalue weighted by molar-refractivity contribution is 7.89. The Hall–Kier alpha value is -1.96. The van der Waals surface area contributed by atoms with E-state index in [1.165, 1.54) is 19.2 Å². The number of ether oxygens (including phenoxy) is 3. The van der Waals surface area contributed by atoms with Gasteiger partial charge in [0.05, 0.1) is 20.3 Å². The first kappa shape index (κ1) is 17.8. The standard InChI is InChI=1S/C17H18ClNO5S/c1-22-14-4-6-15-11(8-14)7-13(10-24-15)19-25(20,21)17-9-12(18)3-5-16(17)23-2/h3-6,8-9,13,19H,7,10H2,1-2H3. The zero-order valence-electron chi connectivity index (χ0n) is 13.8. The molecule has 1 aliphatic heterocycles. The van der Waals surface area contributed by atoms with Crippen LogP contribution in [-0.2, 0) is 16.4 Å². The largest absolute Gasteiger partial charge is 0.497 e. The quantitative estimate of drug-likeness (QED) is 0.859. The van der Waals surface area contributed by atoms with E-state index in [2.05, 4.69) is 4.72 Å². The summed E-state index contributed by atoms with van der Waals surface area (Å²) in [6.45, 7) is 0.238. The normalized spacial score (nSPS) is 16.7. The Bertz CT molecular complexity index is 885. The molecule has 0 fully saturated rings. The summed E-state index contributed by atoms with van der Waals surface area (Å²) in [5, 5.41) is 0.316. The Kier molecular flexibility index (Phi) is 5.08. The lowest BCUT2D eigenvalue weighted by atomic mass is 10.0. The van der Waals surface area contributed by atoms with Gasteiger partial charge in [-0.2, -0.15) is 0 Å². The van der Waals surface area contributed by atoms with E-state index in [9.17, 15) is 8.42 Å². The molecule has 0 bridgehead atoms. The molecule has 0 radical (unpaired) electrons. The minimum atomic E-state index is -3.81. The number of benzene rings is 2. The second-order valence-corrected chi connectivity index (χ2v) is 7.72. The molecule has 0 spiro atoms. The van der Waals surface area contributed by atoms with Gasteiger partial charge < -0.3 is 14.2 Å². The minimum absolute atomic E-state index is 0.000982. The molecule has 25 heavy (non-hydrogen) atoms. The van der Waals surface area contributed by atoms with Crippen molar-refractivity contribution in [3.63, 3.8) is 0 Å². The molecule has 1 atom stereocenters. The van der Waals surface area contributed by atoms with Gasteiger partial charge >= 0.3 is 0 Å². The van der Waals surface area contributed by atoms with Gasteiger partial charge in [0.15, 0.2) is 0 Å². The van der Waals surface area contributed by atoms with Crippen molar-refractivity contribution in [2.24, 2.45) is 0 Å². The van der Waals surface area contributed by atoms with Crippen molar-refractivity contribution < 1.29 is 22.6 Å². The highest BCUT2D eigenvalue weighted by atomic mass is 35.5. The lowest BCUT2D eigenvalue weighted by Crippen LogP contribution is -2.42. The van der Waals surface area contributed by atoms with Crippen molar-refractivity contribution in [2.75, 3.05) is 20.8 Å². The zero-order chi connectivity index (χ0) is 18.0. The van der Waals surface area contributed by atoms with Crippen molar-refractivity contribution in [2.45, 2.75) is 17.4 Å². The van der Waals surface area contributed by atoms with Crippen LogP contribution in [0.2, 0.25) is 5.02 Å². The third-order valence-electron chi connectivity index (χ3n) is 3.91. The summed E-state index contributed by atoms with van der Waals surface area (Å²) < 4.78 is 44.1. The predicted molar refractivity (Wildman–Crippen MR) is 94.3 cm³/mol. The number of sulfonamides is 1. The molecule has 8 heteroatoms. The van der Waals surface area contributed by atoms with Crippen LogP contribution in [-0.4, -0.2) is 35.3 Å². The van der Waals surface area contributed by atoms with Gasteiger partial charge in [-0.05, 0) is 48.4 Å². The Labute approximate surface area is 151 Å². The molecule has 0 aliphatic carbocycles. The molecule has 6 nitrogen and oxygen atoms in total. The second kappa shape index (κ2) is 7.11. The summed E-state index contributed by atoms with van der Waals surface area (Å²) in [7, 11) is -0.822. The number of hydrogen-bond acceptors (Lipinski definition) is 5. The van der Waals surface area contributed by atoms with Crippen LogP contribution in [0.4, 0.5) is 0 Å². The van der Waals surface area contributed by atoms with Crippen molar-refractivity contribution in [3.05, 3.63) is 47.0 Å². The summed E-state index contributed by atoms with van der Waals surface area (Å²) in [5.74, 6) is 1.66. The first-order chi connectivity index (χ1) is 11.9. The molecule has 1 aliphatic rings. The van der Waals surface area contributed by atoms with Crippen molar-refractivity contribution in [1.82, 2.24) is 4.72 Å². The van der Waals surface area contributed by atoms with E-state index in [0.717, 1.165) is 11.3 Å². The maximum absolute atomic E-state index is 12.7. The molecule has 0 amide bonds. The van der Waals surface area contributed by atoms with Gasteiger partial charge in [0.25, 0.3) is 0 Å². The van der Waals surface area contributed by atoms with Crippen molar-refractivity contribution >= 4 is 21.6 Å². The van der Waals surface area contributed by atoms with E-state index in [-0.39, 0.29) is 17.3 Å². The number of nitrogens with one attached hydrogen (secondary N) is 1. The van der Waals surface area contributed by atoms with Gasteiger partial charge in [-0.15, -0.1) is 0 Å². The van der Waals surface area contributed by atoms with Crippen molar-refractivity contribution in [1.29, 1.82) is 0 Å². The first-order valence-corrected chi connectivity index (χ1v) is 9.44. The van der Waals surface area contributed by atoms with E-state index in [1.807, 2.05) is 12.1 Å². The summed E-state index contributed by atoms with van der Waals surface area (Å²) >= 11 is 5.94. The molecule has 1 N–H and O–H groups in total. The monoisotopic (exact) mass is 383 g/mol. The summed E-state index contributed by atoms with van der Waals surface area (Å²) in [6, 6.07) is 9.52. The first-order valence-electron chi connectivity index (χ1n) is 7.58. The van der Waals surface area contributed by atoms with Gasteiger partial charge in [-0.1, -0.05) is 11.6 Å². The SMILES string of the molecule is COc1ccc2c(c1)CC(NS(=O)(=O)c1cc(Cl)ccc1OC)CO2. The molecule has 0 saturated heterocycles. The Morgan fingerprint density at radius 3 is 2.68 bits per heavy atom. The minimum Gasteiger partial charge on any atom is -0.497 e. The second-order valence-electron chi connectivity index (χ2n) is 5.60. The molecule has 3 rings (SSSR count). The fourth-order valence-corrected chi connectivity index (χ4v) is 4.37. The van der Waals surface area contributed by atoms with Crippen LogP contribution < -0.4 is 18.9 Å². The van der Waals surface area contributed by atoms with Crippen LogP contribution in [0.3, 0.4) is 0 Å². The van der Waals surface area contributed by atoms with E-state index >= 15 is 0 Å². The van der Waals surface area contributed by atoms with Gasteiger partial charge in [0.2, 0.25) is 10.0 Å². The number of halogens is 1. The van der Waals surface area contributed by atoms with Crippen LogP contribution in [0.25, 0.3) is 0 Å². The maximum atomic E-state index is 12.7. The number of methoxy groups -OCH3 is 2. The number of hydrogen-bond donors (Lipinski definition) is 1. The highest BCUT2D eigenvalue weighted by Crippen LogP contribution is 2.30. The van der Waals surface area contributed by atoms with E-state index in [4.69, 9.17) is 25.8 Å². The zero-order valence-corrected chi connectivity index (χ0v) is 15.4. The smallest absolute Gasteiger partial charge is 0.244 e. The van der Waals surface area contributed by atoms with E-state index in [0.29, 0.717) is 17.2 Å². The number of fused-ring (bicyclic) bond motifs is 1. The lowest BCUT2D eigenvalue weighted by Gasteiger charge is -2.26. The van der Waals surface area contributed by atoms with Gasteiger partial charge in [-0.25, -0.2) is 13.1 Å². The molecule has 1 unspecified atom stereocenters. The molecular formula is C17H18ClNO5S. The van der Waals surface area contributed by atoms with E-state index in [1.54, 1.807) is 19.2 Å². The summed E-state index contributed by atoms with van der Waals surface area (Å²) in [6.07, 6.45) is 0.495. The Morgan fingerprint density at radius 2 is 1.96 bits per heavy atom. The maximum Gasteiger partial charge on any atom is 0.244 e. The van der Waals surface area contributed by atoms with Crippen LogP contribution >= 0.6 is 11.6 Å². The molecule has 1 heterocycles. The van der Waals surface area contributed by atoms with Crippen LogP contribution in [0, 0.1) is 0 Å². The summed E-state index contributed by atoms with van der Waals surface area (Å²) in [5.41, 5.74) is 0.886. The van der Waals surface area contributed by atoms with Gasteiger partial charge in [0, 0.05) is 5.02 Å². The Balaban J connectivity index is 1.83. The third-order valence-corrected chi connectivity index (χ3v) is 5.69. The van der Waals surface area contributed by atoms with E-state index < -0.39 is 16.1 Å². The van der Waals surface area contributed by atoms with Gasteiger partial charge in [0.1, 0.15) is 28.8 Å². The van der Waals surface area contributed by atoms with Crippen LogP contribution in [0.15, 0.2) is 41.3 Å². The summed E-state index contributed by atoms with van der Waals surface area (Å²) in [4.78, 5) is -0.000982. The van der Waals surface area contributed by atoms with Crippen LogP contribution in [0.5, 0.6) is 17.2 Å². The predicted octanol–water partition coefficient (Wildman–Crippen LogP) is 2.64. The molecule has 134 valence electrons. The molecule has 2 aromatic rings. The third kappa shape index (κ3) is 3.84. The number of rotatable bonds is 5. The molecule has 0 aromatic heterocycles.